The number of phenols is 1. The standard InChI is InChI=1S/C19H16Cl2N4O3/c1-2-28-17-5-3-4-12(18(17)26)10-22-25-19(27)16-9-15(23-24-16)11-6-7-13(20)14(21)8-11/h3-10,26H,2H2,1H3,(H,23,24)(H,25,27). The van der Waals surface area contributed by atoms with Gasteiger partial charge in [-0.25, -0.2) is 5.43 Å². The molecule has 9 heteroatoms. The molecule has 3 aromatic rings. The number of amides is 1. The molecule has 1 heterocycles. The summed E-state index contributed by atoms with van der Waals surface area (Å²) in [5, 5.41) is 21.5. The molecule has 0 radical (unpaired) electrons. The summed E-state index contributed by atoms with van der Waals surface area (Å²) in [5.41, 5.74) is 4.25. The van der Waals surface area contributed by atoms with Gasteiger partial charge in [-0.05, 0) is 37.3 Å². The highest BCUT2D eigenvalue weighted by atomic mass is 35.5. The van der Waals surface area contributed by atoms with Crippen molar-refractivity contribution in [1.82, 2.24) is 15.6 Å². The van der Waals surface area contributed by atoms with Gasteiger partial charge in [0.1, 0.15) is 5.69 Å². The average molecular weight is 419 g/mol. The topological polar surface area (TPSA) is 99.6 Å². The first-order valence-corrected chi connectivity index (χ1v) is 9.04. The summed E-state index contributed by atoms with van der Waals surface area (Å²) in [6.45, 7) is 2.24. The Balaban J connectivity index is 1.69. The number of aromatic hydroxyl groups is 1. The first-order valence-electron chi connectivity index (χ1n) is 8.28. The molecule has 0 fully saturated rings. The molecular formula is C19H16Cl2N4O3. The third-order valence-electron chi connectivity index (χ3n) is 3.74. The Kier molecular flexibility index (Phi) is 6.18. The Labute approximate surface area is 170 Å². The van der Waals surface area contributed by atoms with E-state index in [1.54, 1.807) is 42.5 Å². The number of rotatable bonds is 6. The number of hydrogen-bond acceptors (Lipinski definition) is 5. The first-order chi connectivity index (χ1) is 13.5. The number of aromatic nitrogens is 2. The third-order valence-corrected chi connectivity index (χ3v) is 4.48. The van der Waals surface area contributed by atoms with E-state index in [-0.39, 0.29) is 11.4 Å². The van der Waals surface area contributed by atoms with Crippen LogP contribution in [-0.4, -0.2) is 34.0 Å². The van der Waals surface area contributed by atoms with Gasteiger partial charge >= 0.3 is 0 Å². The van der Waals surface area contributed by atoms with E-state index in [9.17, 15) is 9.90 Å². The van der Waals surface area contributed by atoms with Gasteiger partial charge in [0.2, 0.25) is 0 Å². The second kappa shape index (κ2) is 8.77. The van der Waals surface area contributed by atoms with Gasteiger partial charge in [-0.15, -0.1) is 0 Å². The van der Waals surface area contributed by atoms with E-state index in [1.807, 2.05) is 6.92 Å². The summed E-state index contributed by atoms with van der Waals surface area (Å²) in [6.07, 6.45) is 1.33. The van der Waals surface area contributed by atoms with Crippen molar-refractivity contribution in [2.45, 2.75) is 6.92 Å². The minimum Gasteiger partial charge on any atom is -0.504 e. The number of carbonyl (C=O) groups excluding carboxylic acids is 1. The second-order valence-corrected chi connectivity index (χ2v) is 6.44. The quantitative estimate of drug-likeness (QED) is 0.411. The minimum absolute atomic E-state index is 0.0502. The lowest BCUT2D eigenvalue weighted by Gasteiger charge is -2.07. The molecule has 2 aromatic carbocycles. The number of hydrogen-bond donors (Lipinski definition) is 3. The van der Waals surface area contributed by atoms with Crippen molar-refractivity contribution in [3.8, 4) is 22.8 Å². The van der Waals surface area contributed by atoms with Gasteiger partial charge in [0, 0.05) is 11.1 Å². The summed E-state index contributed by atoms with van der Waals surface area (Å²) in [6, 6.07) is 11.6. The number of benzene rings is 2. The minimum atomic E-state index is -0.490. The molecule has 0 saturated heterocycles. The van der Waals surface area contributed by atoms with E-state index >= 15 is 0 Å². The lowest BCUT2D eigenvalue weighted by Crippen LogP contribution is -2.18. The molecular weight excluding hydrogens is 403 g/mol. The molecule has 0 bridgehead atoms. The molecule has 7 nitrogen and oxygen atoms in total. The number of halogens is 2. The van der Waals surface area contributed by atoms with Crippen LogP contribution in [0.25, 0.3) is 11.3 Å². The number of para-hydroxylation sites is 1. The van der Waals surface area contributed by atoms with Crippen LogP contribution in [0.5, 0.6) is 11.5 Å². The van der Waals surface area contributed by atoms with Crippen LogP contribution in [-0.2, 0) is 0 Å². The van der Waals surface area contributed by atoms with Gasteiger partial charge in [-0.2, -0.15) is 10.2 Å². The number of phenolic OH excluding ortho intramolecular Hbond substituents is 1. The predicted molar refractivity (Wildman–Crippen MR) is 108 cm³/mol. The number of nitrogens with one attached hydrogen (secondary N) is 2. The SMILES string of the molecule is CCOc1cccc(C=NNC(=O)c2cc(-c3ccc(Cl)c(Cl)c3)n[nH]2)c1O. The fourth-order valence-corrected chi connectivity index (χ4v) is 2.68. The highest BCUT2D eigenvalue weighted by molar-refractivity contribution is 6.42. The van der Waals surface area contributed by atoms with Crippen LogP contribution >= 0.6 is 23.2 Å². The van der Waals surface area contributed by atoms with E-state index in [0.717, 1.165) is 0 Å². The number of H-pyrrole nitrogens is 1. The Morgan fingerprint density at radius 3 is 2.86 bits per heavy atom. The predicted octanol–water partition coefficient (Wildman–Crippen LogP) is 4.25. The maximum absolute atomic E-state index is 12.2. The fourth-order valence-electron chi connectivity index (χ4n) is 2.38. The van der Waals surface area contributed by atoms with Crippen LogP contribution in [0.4, 0.5) is 0 Å². The molecule has 3 rings (SSSR count). The van der Waals surface area contributed by atoms with Crippen LogP contribution in [0.1, 0.15) is 23.0 Å². The molecule has 3 N–H and O–H groups in total. The molecule has 0 atom stereocenters. The lowest BCUT2D eigenvalue weighted by molar-refractivity contribution is 0.0950. The Morgan fingerprint density at radius 2 is 2.11 bits per heavy atom. The van der Waals surface area contributed by atoms with Crippen LogP contribution in [0.2, 0.25) is 10.0 Å². The number of nitrogens with zero attached hydrogens (tertiary/aromatic N) is 2. The summed E-state index contributed by atoms with van der Waals surface area (Å²) in [4.78, 5) is 12.2. The molecule has 28 heavy (non-hydrogen) atoms. The molecule has 0 saturated carbocycles. The second-order valence-electron chi connectivity index (χ2n) is 5.62. The number of ether oxygens (including phenoxy) is 1. The van der Waals surface area contributed by atoms with Crippen LogP contribution in [0.3, 0.4) is 0 Å². The van der Waals surface area contributed by atoms with Crippen molar-refractivity contribution in [2.75, 3.05) is 6.61 Å². The molecule has 0 aliphatic heterocycles. The summed E-state index contributed by atoms with van der Waals surface area (Å²) in [5.74, 6) is -0.195. The third kappa shape index (κ3) is 4.44. The molecule has 144 valence electrons. The zero-order valence-corrected chi connectivity index (χ0v) is 16.3. The highest BCUT2D eigenvalue weighted by Gasteiger charge is 2.12. The molecule has 1 amide bonds. The summed E-state index contributed by atoms with van der Waals surface area (Å²) in [7, 11) is 0. The fraction of sp³-hybridized carbons (Fsp3) is 0.105. The van der Waals surface area contributed by atoms with Crippen molar-refractivity contribution in [3.63, 3.8) is 0 Å². The maximum atomic E-state index is 12.2. The largest absolute Gasteiger partial charge is 0.504 e. The van der Waals surface area contributed by atoms with Gasteiger partial charge in [0.15, 0.2) is 11.5 Å². The van der Waals surface area contributed by atoms with E-state index in [1.165, 1.54) is 6.21 Å². The van der Waals surface area contributed by atoms with E-state index < -0.39 is 5.91 Å². The number of carbonyl (C=O) groups is 1. The number of hydrazone groups is 1. The molecule has 0 aliphatic carbocycles. The van der Waals surface area contributed by atoms with Crippen LogP contribution in [0.15, 0.2) is 47.6 Å². The van der Waals surface area contributed by atoms with E-state index in [2.05, 4.69) is 20.7 Å². The normalized spacial score (nSPS) is 11.0. The first kappa shape index (κ1) is 19.7. The molecule has 0 spiro atoms. The van der Waals surface area contributed by atoms with Gasteiger partial charge in [-0.1, -0.05) is 35.3 Å². The van der Waals surface area contributed by atoms with Crippen molar-refractivity contribution in [3.05, 3.63) is 63.8 Å². The molecule has 1 aromatic heterocycles. The van der Waals surface area contributed by atoms with Crippen molar-refractivity contribution in [2.24, 2.45) is 5.10 Å². The molecule has 0 aliphatic rings. The van der Waals surface area contributed by atoms with Gasteiger partial charge in [0.05, 0.1) is 28.6 Å². The smallest absolute Gasteiger partial charge is 0.289 e. The molecule has 0 unspecified atom stereocenters. The van der Waals surface area contributed by atoms with Crippen LogP contribution < -0.4 is 10.2 Å². The van der Waals surface area contributed by atoms with Crippen LogP contribution in [0, 0.1) is 0 Å². The summed E-state index contributed by atoms with van der Waals surface area (Å²) < 4.78 is 5.30. The zero-order valence-electron chi connectivity index (χ0n) is 14.7. The van der Waals surface area contributed by atoms with E-state index in [4.69, 9.17) is 27.9 Å². The van der Waals surface area contributed by atoms with E-state index in [0.29, 0.717) is 39.2 Å². The maximum Gasteiger partial charge on any atom is 0.289 e. The highest BCUT2D eigenvalue weighted by Crippen LogP contribution is 2.29. The monoisotopic (exact) mass is 418 g/mol. The van der Waals surface area contributed by atoms with Gasteiger partial charge in [0.25, 0.3) is 5.91 Å². The average Bonchev–Trinajstić information content (AvgIpc) is 3.17. The zero-order chi connectivity index (χ0) is 20.1. The van der Waals surface area contributed by atoms with Crippen molar-refractivity contribution in [1.29, 1.82) is 0 Å². The lowest BCUT2D eigenvalue weighted by atomic mass is 10.1. The van der Waals surface area contributed by atoms with Crippen molar-refractivity contribution < 1.29 is 14.6 Å². The number of aromatic amines is 1. The Morgan fingerprint density at radius 1 is 1.29 bits per heavy atom. The Bertz CT molecular complexity index is 1030. The van der Waals surface area contributed by atoms with Gasteiger partial charge < -0.3 is 9.84 Å². The van der Waals surface area contributed by atoms with Crippen molar-refractivity contribution >= 4 is 35.3 Å². The Hall–Kier alpha value is -3.03. The van der Waals surface area contributed by atoms with Gasteiger partial charge in [-0.3, -0.25) is 9.89 Å². The summed E-state index contributed by atoms with van der Waals surface area (Å²) >= 11 is 11.9.